The van der Waals surface area contributed by atoms with E-state index in [9.17, 15) is 9.59 Å². The van der Waals surface area contributed by atoms with Crippen molar-refractivity contribution in [2.24, 2.45) is 11.8 Å². The quantitative estimate of drug-likeness (QED) is 0.529. The zero-order valence-corrected chi connectivity index (χ0v) is 11.0. The Morgan fingerprint density at radius 2 is 1.65 bits per heavy atom. The largest absolute Gasteiger partial charge is 0.466 e. The van der Waals surface area contributed by atoms with Gasteiger partial charge in [0.05, 0.1) is 6.61 Å². The molecule has 3 heteroatoms. The first-order chi connectivity index (χ1) is 8.15. The lowest BCUT2D eigenvalue weighted by molar-refractivity contribution is -0.145. The molecular weight excluding hydrogens is 216 g/mol. The first kappa shape index (κ1) is 14.2. The maximum atomic E-state index is 11.6. The third-order valence-electron chi connectivity index (χ3n) is 3.71. The van der Waals surface area contributed by atoms with Gasteiger partial charge in [0.1, 0.15) is 12.2 Å². The fourth-order valence-corrected chi connectivity index (χ4v) is 2.61. The molecule has 1 fully saturated rings. The molecule has 0 aromatic heterocycles. The van der Waals surface area contributed by atoms with Gasteiger partial charge in [0.25, 0.3) is 0 Å². The molecule has 0 unspecified atom stereocenters. The van der Waals surface area contributed by atoms with Gasteiger partial charge in [-0.1, -0.05) is 26.2 Å². The summed E-state index contributed by atoms with van der Waals surface area (Å²) in [5.74, 6) is 1.02. The molecular formula is C14H24O3. The van der Waals surface area contributed by atoms with Gasteiger partial charge >= 0.3 is 5.97 Å². The molecule has 0 spiro atoms. The topological polar surface area (TPSA) is 43.4 Å². The number of carbonyl (C=O) groups excluding carboxylic acids is 2. The molecule has 0 heterocycles. The highest BCUT2D eigenvalue weighted by molar-refractivity contribution is 5.95. The van der Waals surface area contributed by atoms with E-state index < -0.39 is 0 Å². The normalized spacial score (nSPS) is 24.4. The van der Waals surface area contributed by atoms with E-state index in [0.717, 1.165) is 18.8 Å². The Hall–Kier alpha value is -0.860. The summed E-state index contributed by atoms with van der Waals surface area (Å²) < 4.78 is 4.78. The maximum Gasteiger partial charge on any atom is 0.313 e. The minimum absolute atomic E-state index is 0.0401. The van der Waals surface area contributed by atoms with Gasteiger partial charge in [0.15, 0.2) is 0 Å². The summed E-state index contributed by atoms with van der Waals surface area (Å²) in [6.45, 7) is 4.35. The van der Waals surface area contributed by atoms with Gasteiger partial charge in [-0.3, -0.25) is 9.59 Å². The van der Waals surface area contributed by atoms with E-state index in [-0.39, 0.29) is 18.2 Å². The molecule has 1 aliphatic carbocycles. The van der Waals surface area contributed by atoms with Crippen molar-refractivity contribution in [1.29, 1.82) is 0 Å². The maximum absolute atomic E-state index is 11.6. The Morgan fingerprint density at radius 1 is 1.06 bits per heavy atom. The minimum atomic E-state index is -0.375. The van der Waals surface area contributed by atoms with E-state index in [1.165, 1.54) is 19.3 Å². The second kappa shape index (κ2) is 7.46. The Kier molecular flexibility index (Phi) is 6.23. The highest BCUT2D eigenvalue weighted by Crippen LogP contribution is 2.32. The summed E-state index contributed by atoms with van der Waals surface area (Å²) in [6.07, 6.45) is 6.56. The van der Waals surface area contributed by atoms with E-state index in [4.69, 9.17) is 4.74 Å². The number of esters is 1. The third-order valence-corrected chi connectivity index (χ3v) is 3.71. The van der Waals surface area contributed by atoms with Crippen molar-refractivity contribution in [3.05, 3.63) is 0 Å². The highest BCUT2D eigenvalue weighted by Gasteiger charge is 2.23. The van der Waals surface area contributed by atoms with Gasteiger partial charge in [-0.25, -0.2) is 0 Å². The molecule has 0 aromatic carbocycles. The van der Waals surface area contributed by atoms with Crippen LogP contribution in [0.25, 0.3) is 0 Å². The fraction of sp³-hybridized carbons (Fsp3) is 0.857. The van der Waals surface area contributed by atoms with Crippen molar-refractivity contribution in [2.45, 2.75) is 58.8 Å². The second-order valence-corrected chi connectivity index (χ2v) is 5.02. The van der Waals surface area contributed by atoms with E-state index in [0.29, 0.717) is 18.9 Å². The van der Waals surface area contributed by atoms with Crippen LogP contribution in [0, 0.1) is 11.8 Å². The first-order valence-electron chi connectivity index (χ1n) is 6.83. The summed E-state index contributed by atoms with van der Waals surface area (Å²) in [5.41, 5.74) is 0. The molecule has 1 saturated carbocycles. The molecule has 17 heavy (non-hydrogen) atoms. The summed E-state index contributed by atoms with van der Waals surface area (Å²) in [5, 5.41) is 0. The minimum Gasteiger partial charge on any atom is -0.466 e. The van der Waals surface area contributed by atoms with Crippen LogP contribution in [-0.4, -0.2) is 18.4 Å². The lowest BCUT2D eigenvalue weighted by Crippen LogP contribution is -2.19. The molecule has 98 valence electrons. The van der Waals surface area contributed by atoms with Gasteiger partial charge in [0, 0.05) is 6.42 Å². The van der Waals surface area contributed by atoms with Crippen LogP contribution >= 0.6 is 0 Å². The molecule has 0 aliphatic heterocycles. The van der Waals surface area contributed by atoms with Crippen LogP contribution in [0.5, 0.6) is 0 Å². The van der Waals surface area contributed by atoms with Crippen LogP contribution in [0.3, 0.4) is 0 Å². The number of ketones is 1. The molecule has 3 nitrogen and oxygen atoms in total. The van der Waals surface area contributed by atoms with Gasteiger partial charge in [-0.2, -0.15) is 0 Å². The van der Waals surface area contributed by atoms with Crippen LogP contribution in [-0.2, 0) is 14.3 Å². The zero-order valence-electron chi connectivity index (χ0n) is 11.0. The highest BCUT2D eigenvalue weighted by atomic mass is 16.5. The Morgan fingerprint density at radius 3 is 2.18 bits per heavy atom. The van der Waals surface area contributed by atoms with Gasteiger partial charge in [-0.15, -0.1) is 0 Å². The van der Waals surface area contributed by atoms with Crippen LogP contribution < -0.4 is 0 Å². The zero-order chi connectivity index (χ0) is 12.7. The average Bonchev–Trinajstić information content (AvgIpc) is 2.30. The van der Waals surface area contributed by atoms with Crippen molar-refractivity contribution >= 4 is 11.8 Å². The summed E-state index contributed by atoms with van der Waals surface area (Å²) in [7, 11) is 0. The third kappa shape index (κ3) is 5.33. The standard InChI is InChI=1S/C14H24O3/c1-3-11-5-7-12(8-6-11)9-13(15)10-14(16)17-4-2/h11-12H,3-10H2,1-2H3. The number of Topliss-reactive ketones (excluding diaryl/α,β-unsaturated/α-hetero) is 1. The number of ether oxygens (including phenoxy) is 1. The lowest BCUT2D eigenvalue weighted by Gasteiger charge is -2.27. The van der Waals surface area contributed by atoms with Crippen molar-refractivity contribution in [2.75, 3.05) is 6.61 Å². The summed E-state index contributed by atoms with van der Waals surface area (Å²) >= 11 is 0. The Balaban J connectivity index is 2.21. The molecule has 0 atom stereocenters. The predicted octanol–water partition coefficient (Wildman–Crippen LogP) is 3.12. The van der Waals surface area contributed by atoms with Gasteiger partial charge in [-0.05, 0) is 31.6 Å². The number of hydrogen-bond acceptors (Lipinski definition) is 3. The smallest absolute Gasteiger partial charge is 0.313 e. The summed E-state index contributed by atoms with van der Waals surface area (Å²) in [4.78, 5) is 22.8. The van der Waals surface area contributed by atoms with Crippen molar-refractivity contribution in [1.82, 2.24) is 0 Å². The molecule has 0 radical (unpaired) electrons. The van der Waals surface area contributed by atoms with Crippen LogP contribution in [0.15, 0.2) is 0 Å². The molecule has 0 bridgehead atoms. The molecule has 0 saturated heterocycles. The SMILES string of the molecule is CCOC(=O)CC(=O)CC1CCC(CC)CC1. The lowest BCUT2D eigenvalue weighted by atomic mass is 9.79. The van der Waals surface area contributed by atoms with E-state index >= 15 is 0 Å². The second-order valence-electron chi connectivity index (χ2n) is 5.02. The van der Waals surface area contributed by atoms with E-state index in [1.54, 1.807) is 6.92 Å². The van der Waals surface area contributed by atoms with Gasteiger partial charge in [0.2, 0.25) is 0 Å². The van der Waals surface area contributed by atoms with Crippen LogP contribution in [0.1, 0.15) is 58.8 Å². The first-order valence-corrected chi connectivity index (χ1v) is 6.83. The Bertz CT molecular complexity index is 252. The fourth-order valence-electron chi connectivity index (χ4n) is 2.61. The number of carbonyl (C=O) groups is 2. The van der Waals surface area contributed by atoms with Crippen LogP contribution in [0.2, 0.25) is 0 Å². The van der Waals surface area contributed by atoms with Crippen LogP contribution in [0.4, 0.5) is 0 Å². The molecule has 0 amide bonds. The molecule has 0 N–H and O–H groups in total. The van der Waals surface area contributed by atoms with Crippen molar-refractivity contribution in [3.8, 4) is 0 Å². The average molecular weight is 240 g/mol. The molecule has 0 aromatic rings. The molecule has 1 aliphatic rings. The van der Waals surface area contributed by atoms with Gasteiger partial charge < -0.3 is 4.74 Å². The van der Waals surface area contributed by atoms with E-state index in [2.05, 4.69) is 6.92 Å². The molecule has 1 rings (SSSR count). The van der Waals surface area contributed by atoms with Crippen molar-refractivity contribution in [3.63, 3.8) is 0 Å². The summed E-state index contributed by atoms with van der Waals surface area (Å²) in [6, 6.07) is 0. The van der Waals surface area contributed by atoms with E-state index in [1.807, 2.05) is 0 Å². The predicted molar refractivity (Wildman–Crippen MR) is 66.6 cm³/mol. The number of hydrogen-bond donors (Lipinski definition) is 0. The van der Waals surface area contributed by atoms with Crippen molar-refractivity contribution < 1.29 is 14.3 Å². The number of rotatable bonds is 6. The monoisotopic (exact) mass is 240 g/mol. The Labute approximate surface area is 104 Å².